The van der Waals surface area contributed by atoms with Crippen LogP contribution in [0, 0.1) is 0 Å². The van der Waals surface area contributed by atoms with Crippen molar-refractivity contribution in [2.24, 2.45) is 5.10 Å². The number of nitrogens with zero attached hydrogens (tertiary/aromatic N) is 2. The Labute approximate surface area is 193 Å². The van der Waals surface area contributed by atoms with Crippen molar-refractivity contribution in [2.45, 2.75) is 18.4 Å². The molecule has 3 aromatic carbocycles. The summed E-state index contributed by atoms with van der Waals surface area (Å²) in [5, 5.41) is 7.09. The Morgan fingerprint density at radius 3 is 2.39 bits per heavy atom. The third-order valence-corrected chi connectivity index (χ3v) is 6.51. The SMILES string of the molecule is CC1=NN(c2ccccc2)C(=O)[C@@]12Oc1c(c(=O)oc3ccccc13)[C@@H]2c1ccc(Cl)cc1. The standard InChI is InChI=1S/C26H17ClN2O4/c1-15-26(25(31)29(28-15)18-7-3-2-4-8-18)22(16-11-13-17(27)14-12-16)21-23(33-26)19-9-5-6-10-20(19)32-24(21)30/h2-14,22H,1H3/t22-,26+/m0/s1. The number of amides is 1. The predicted octanol–water partition coefficient (Wildman–Crippen LogP) is 5.13. The highest BCUT2D eigenvalue weighted by molar-refractivity contribution is 6.30. The fourth-order valence-corrected chi connectivity index (χ4v) is 4.88. The molecule has 3 heterocycles. The Hall–Kier alpha value is -3.90. The monoisotopic (exact) mass is 456 g/mol. The van der Waals surface area contributed by atoms with Crippen molar-refractivity contribution in [3.63, 3.8) is 0 Å². The van der Waals surface area contributed by atoms with Gasteiger partial charge in [-0.25, -0.2) is 4.79 Å². The van der Waals surface area contributed by atoms with Gasteiger partial charge in [0.25, 0.3) is 5.91 Å². The molecular formula is C26H17ClN2O4. The van der Waals surface area contributed by atoms with Crippen LogP contribution >= 0.6 is 11.6 Å². The minimum atomic E-state index is -1.52. The van der Waals surface area contributed by atoms with Crippen LogP contribution < -0.4 is 15.4 Å². The second-order valence-electron chi connectivity index (χ2n) is 8.09. The van der Waals surface area contributed by atoms with Crippen molar-refractivity contribution in [1.29, 1.82) is 0 Å². The van der Waals surface area contributed by atoms with E-state index in [1.807, 2.05) is 30.3 Å². The smallest absolute Gasteiger partial charge is 0.344 e. The summed E-state index contributed by atoms with van der Waals surface area (Å²) >= 11 is 6.13. The molecule has 0 aliphatic carbocycles. The van der Waals surface area contributed by atoms with Gasteiger partial charge in [0.15, 0.2) is 0 Å². The molecule has 1 aromatic heterocycles. The molecule has 0 fully saturated rings. The number of anilines is 1. The molecule has 2 atom stereocenters. The van der Waals surface area contributed by atoms with Crippen molar-refractivity contribution in [2.75, 3.05) is 5.01 Å². The number of para-hydroxylation sites is 2. The van der Waals surface area contributed by atoms with E-state index in [0.29, 0.717) is 44.3 Å². The molecule has 0 unspecified atom stereocenters. The molecule has 2 aliphatic heterocycles. The van der Waals surface area contributed by atoms with E-state index < -0.39 is 17.1 Å². The molecule has 7 heteroatoms. The van der Waals surface area contributed by atoms with Gasteiger partial charge >= 0.3 is 5.63 Å². The molecular weight excluding hydrogens is 440 g/mol. The molecule has 4 aromatic rings. The summed E-state index contributed by atoms with van der Waals surface area (Å²) < 4.78 is 12.1. The molecule has 0 saturated heterocycles. The number of fused-ring (bicyclic) bond motifs is 3. The fourth-order valence-electron chi connectivity index (χ4n) is 4.75. The first kappa shape index (κ1) is 19.8. The van der Waals surface area contributed by atoms with Crippen molar-refractivity contribution < 1.29 is 13.9 Å². The van der Waals surface area contributed by atoms with Gasteiger partial charge in [0.05, 0.1) is 28.3 Å². The lowest BCUT2D eigenvalue weighted by Gasteiger charge is -2.29. The first-order valence-corrected chi connectivity index (χ1v) is 10.8. The van der Waals surface area contributed by atoms with Gasteiger partial charge in [0.1, 0.15) is 11.3 Å². The summed E-state index contributed by atoms with van der Waals surface area (Å²) in [6, 6.07) is 23.3. The molecule has 0 radical (unpaired) electrons. The average Bonchev–Trinajstić information content (AvgIpc) is 3.32. The molecule has 1 spiro atoms. The van der Waals surface area contributed by atoms with E-state index in [-0.39, 0.29) is 5.91 Å². The number of carbonyl (C=O) groups is 1. The van der Waals surface area contributed by atoms with Gasteiger partial charge in [-0.3, -0.25) is 4.79 Å². The van der Waals surface area contributed by atoms with Crippen molar-refractivity contribution in [1.82, 2.24) is 0 Å². The van der Waals surface area contributed by atoms with E-state index in [4.69, 9.17) is 20.8 Å². The number of hydrogen-bond donors (Lipinski definition) is 0. The normalized spacial score (nSPS) is 21.4. The summed E-state index contributed by atoms with van der Waals surface area (Å²) in [6.45, 7) is 1.75. The number of hydrazone groups is 1. The molecule has 0 saturated carbocycles. The maximum Gasteiger partial charge on any atom is 0.344 e. The van der Waals surface area contributed by atoms with Crippen LogP contribution in [-0.2, 0) is 4.79 Å². The van der Waals surface area contributed by atoms with Crippen LogP contribution in [0.5, 0.6) is 5.75 Å². The molecule has 33 heavy (non-hydrogen) atoms. The van der Waals surface area contributed by atoms with E-state index >= 15 is 0 Å². The average molecular weight is 457 g/mol. The van der Waals surface area contributed by atoms with Gasteiger partial charge in [-0.15, -0.1) is 0 Å². The Balaban J connectivity index is 1.63. The Bertz CT molecular complexity index is 1510. The van der Waals surface area contributed by atoms with E-state index in [2.05, 4.69) is 5.10 Å². The maximum absolute atomic E-state index is 14.0. The number of hydrogen-bond acceptors (Lipinski definition) is 5. The minimum absolute atomic E-state index is 0.300. The number of halogens is 1. The lowest BCUT2D eigenvalue weighted by Crippen LogP contribution is -2.53. The van der Waals surface area contributed by atoms with Gasteiger partial charge in [-0.1, -0.05) is 54.1 Å². The fraction of sp³-hybridized carbons (Fsp3) is 0.115. The van der Waals surface area contributed by atoms with Crippen molar-refractivity contribution in [3.8, 4) is 5.75 Å². The van der Waals surface area contributed by atoms with Crippen LogP contribution in [-0.4, -0.2) is 17.2 Å². The van der Waals surface area contributed by atoms with Crippen molar-refractivity contribution in [3.05, 3.63) is 105 Å². The molecule has 0 bridgehead atoms. The Kier molecular flexibility index (Phi) is 4.22. The molecule has 2 aliphatic rings. The largest absolute Gasteiger partial charge is 0.469 e. The summed E-state index contributed by atoms with van der Waals surface area (Å²) in [7, 11) is 0. The quantitative estimate of drug-likeness (QED) is 0.392. The maximum atomic E-state index is 14.0. The van der Waals surface area contributed by atoms with Crippen LogP contribution in [0.15, 0.2) is 93.2 Å². The van der Waals surface area contributed by atoms with Gasteiger partial charge in [-0.2, -0.15) is 10.1 Å². The van der Waals surface area contributed by atoms with E-state index in [0.717, 1.165) is 0 Å². The van der Waals surface area contributed by atoms with Crippen LogP contribution in [0.25, 0.3) is 11.0 Å². The first-order valence-electron chi connectivity index (χ1n) is 10.5. The summed E-state index contributed by atoms with van der Waals surface area (Å²) in [5.74, 6) is -0.777. The second kappa shape index (κ2) is 7.05. The van der Waals surface area contributed by atoms with Gasteiger partial charge in [0.2, 0.25) is 5.60 Å². The first-order chi connectivity index (χ1) is 16.0. The van der Waals surface area contributed by atoms with E-state index in [1.54, 1.807) is 55.5 Å². The summed E-state index contributed by atoms with van der Waals surface area (Å²) in [5.41, 5.74) is 0.408. The highest BCUT2D eigenvalue weighted by Crippen LogP contribution is 2.53. The lowest BCUT2D eigenvalue weighted by atomic mass is 9.77. The summed E-state index contributed by atoms with van der Waals surface area (Å²) in [4.78, 5) is 27.3. The zero-order valence-electron chi connectivity index (χ0n) is 17.5. The number of rotatable bonds is 2. The summed E-state index contributed by atoms with van der Waals surface area (Å²) in [6.07, 6.45) is 0. The predicted molar refractivity (Wildman–Crippen MR) is 126 cm³/mol. The molecule has 6 nitrogen and oxygen atoms in total. The number of ether oxygens (including phenoxy) is 1. The third kappa shape index (κ3) is 2.71. The van der Waals surface area contributed by atoms with Crippen LogP contribution in [0.2, 0.25) is 5.02 Å². The van der Waals surface area contributed by atoms with E-state index in [9.17, 15) is 9.59 Å². The van der Waals surface area contributed by atoms with Gasteiger partial charge in [-0.05, 0) is 48.9 Å². The van der Waals surface area contributed by atoms with E-state index in [1.165, 1.54) is 5.01 Å². The number of benzene rings is 3. The molecule has 0 N–H and O–H groups in total. The zero-order valence-corrected chi connectivity index (χ0v) is 18.2. The Morgan fingerprint density at radius 2 is 1.64 bits per heavy atom. The highest BCUT2D eigenvalue weighted by Gasteiger charge is 2.63. The third-order valence-electron chi connectivity index (χ3n) is 6.26. The molecule has 6 rings (SSSR count). The molecule has 162 valence electrons. The minimum Gasteiger partial charge on any atom is -0.469 e. The van der Waals surface area contributed by atoms with Crippen LogP contribution in [0.3, 0.4) is 0 Å². The second-order valence-corrected chi connectivity index (χ2v) is 8.53. The number of carbonyl (C=O) groups excluding carboxylic acids is 1. The van der Waals surface area contributed by atoms with Crippen molar-refractivity contribution >= 4 is 39.9 Å². The topological polar surface area (TPSA) is 72.1 Å². The molecule has 1 amide bonds. The lowest BCUT2D eigenvalue weighted by molar-refractivity contribution is -0.127. The van der Waals surface area contributed by atoms with Crippen LogP contribution in [0.4, 0.5) is 5.69 Å². The Morgan fingerprint density at radius 1 is 0.939 bits per heavy atom. The van der Waals surface area contributed by atoms with Gasteiger partial charge < -0.3 is 9.15 Å². The van der Waals surface area contributed by atoms with Gasteiger partial charge in [0, 0.05) is 5.02 Å². The zero-order chi connectivity index (χ0) is 22.7. The van der Waals surface area contributed by atoms with Crippen LogP contribution in [0.1, 0.15) is 24.0 Å². The highest BCUT2D eigenvalue weighted by atomic mass is 35.5.